The van der Waals surface area contributed by atoms with Gasteiger partial charge in [-0.3, -0.25) is 9.59 Å². The van der Waals surface area contributed by atoms with E-state index in [1.54, 1.807) is 24.3 Å². The summed E-state index contributed by atoms with van der Waals surface area (Å²) in [6.07, 6.45) is 0.947. The van der Waals surface area contributed by atoms with E-state index in [1.807, 2.05) is 31.2 Å². The van der Waals surface area contributed by atoms with Crippen LogP contribution in [0, 0.1) is 0 Å². The molecule has 2 aromatic rings. The van der Waals surface area contributed by atoms with Gasteiger partial charge in [-0.25, -0.2) is 0 Å². The van der Waals surface area contributed by atoms with Crippen LogP contribution in [0.5, 0.6) is 5.75 Å². The van der Waals surface area contributed by atoms with E-state index in [0.29, 0.717) is 30.7 Å². The second-order valence-corrected chi connectivity index (χ2v) is 5.03. The van der Waals surface area contributed by atoms with Gasteiger partial charge in [0, 0.05) is 17.7 Å². The summed E-state index contributed by atoms with van der Waals surface area (Å²) >= 11 is 0. The number of rotatable bonds is 7. The molecule has 0 aliphatic rings. The van der Waals surface area contributed by atoms with Gasteiger partial charge in [0.25, 0.3) is 0 Å². The number of hydrogen-bond donors (Lipinski definition) is 2. The van der Waals surface area contributed by atoms with Crippen LogP contribution in [0.4, 0.5) is 5.69 Å². The van der Waals surface area contributed by atoms with E-state index in [2.05, 4.69) is 5.32 Å². The SMILES string of the molecule is CCOc1ccccc1CCC(=O)Nc1ccc(C(N)=O)cc1. The Morgan fingerprint density at radius 2 is 1.78 bits per heavy atom. The third-order valence-electron chi connectivity index (χ3n) is 3.35. The molecule has 0 unspecified atom stereocenters. The van der Waals surface area contributed by atoms with Gasteiger partial charge in [0.2, 0.25) is 11.8 Å². The van der Waals surface area contributed by atoms with Crippen LogP contribution in [0.15, 0.2) is 48.5 Å². The number of nitrogens with one attached hydrogen (secondary N) is 1. The van der Waals surface area contributed by atoms with Gasteiger partial charge < -0.3 is 15.8 Å². The lowest BCUT2D eigenvalue weighted by Gasteiger charge is -2.10. The Morgan fingerprint density at radius 3 is 2.43 bits per heavy atom. The first kappa shape index (κ1) is 16.5. The predicted molar refractivity (Wildman–Crippen MR) is 89.5 cm³/mol. The van der Waals surface area contributed by atoms with Gasteiger partial charge in [-0.05, 0) is 49.2 Å². The Hall–Kier alpha value is -2.82. The van der Waals surface area contributed by atoms with Crippen LogP contribution in [0.25, 0.3) is 0 Å². The Labute approximate surface area is 135 Å². The standard InChI is InChI=1S/C18H20N2O3/c1-2-23-16-6-4-3-5-13(16)9-12-17(21)20-15-10-7-14(8-11-15)18(19)22/h3-8,10-11H,2,9,12H2,1H3,(H2,19,22)(H,20,21). The summed E-state index contributed by atoms with van der Waals surface area (Å²) in [6, 6.07) is 14.2. The lowest BCUT2D eigenvalue weighted by molar-refractivity contribution is -0.116. The topological polar surface area (TPSA) is 81.4 Å². The Morgan fingerprint density at radius 1 is 1.09 bits per heavy atom. The molecule has 5 nitrogen and oxygen atoms in total. The van der Waals surface area contributed by atoms with E-state index in [0.717, 1.165) is 11.3 Å². The summed E-state index contributed by atoms with van der Waals surface area (Å²) in [4.78, 5) is 23.0. The van der Waals surface area contributed by atoms with Crippen molar-refractivity contribution >= 4 is 17.5 Å². The highest BCUT2D eigenvalue weighted by Gasteiger charge is 2.07. The van der Waals surface area contributed by atoms with Gasteiger partial charge in [0.05, 0.1) is 6.61 Å². The summed E-state index contributed by atoms with van der Waals surface area (Å²) < 4.78 is 5.55. The number of ether oxygens (including phenoxy) is 1. The third-order valence-corrected chi connectivity index (χ3v) is 3.35. The molecule has 0 bridgehead atoms. The van der Waals surface area contributed by atoms with E-state index in [4.69, 9.17) is 10.5 Å². The lowest BCUT2D eigenvalue weighted by atomic mass is 10.1. The molecule has 0 radical (unpaired) electrons. The van der Waals surface area contributed by atoms with E-state index >= 15 is 0 Å². The molecule has 0 saturated carbocycles. The molecule has 0 aromatic heterocycles. The molecule has 0 aliphatic heterocycles. The second kappa shape index (κ2) is 7.98. The zero-order valence-electron chi connectivity index (χ0n) is 13.0. The van der Waals surface area contributed by atoms with Crippen molar-refractivity contribution in [2.45, 2.75) is 19.8 Å². The van der Waals surface area contributed by atoms with Gasteiger partial charge in [-0.15, -0.1) is 0 Å². The summed E-state index contributed by atoms with van der Waals surface area (Å²) in [7, 11) is 0. The van der Waals surface area contributed by atoms with Gasteiger partial charge in [-0.2, -0.15) is 0 Å². The maximum Gasteiger partial charge on any atom is 0.248 e. The molecule has 0 spiro atoms. The fourth-order valence-corrected chi connectivity index (χ4v) is 2.20. The largest absolute Gasteiger partial charge is 0.494 e. The highest BCUT2D eigenvalue weighted by atomic mass is 16.5. The average Bonchev–Trinajstić information content (AvgIpc) is 2.55. The van der Waals surface area contributed by atoms with Gasteiger partial charge in [-0.1, -0.05) is 18.2 Å². The van der Waals surface area contributed by atoms with Crippen LogP contribution in [-0.4, -0.2) is 18.4 Å². The summed E-state index contributed by atoms with van der Waals surface area (Å²) in [5, 5.41) is 2.80. The number of aryl methyl sites for hydroxylation is 1. The molecule has 0 saturated heterocycles. The van der Waals surface area contributed by atoms with Crippen molar-refractivity contribution in [3.8, 4) is 5.75 Å². The number of primary amides is 1. The minimum absolute atomic E-state index is 0.0943. The summed E-state index contributed by atoms with van der Waals surface area (Å²) in [6.45, 7) is 2.52. The Balaban J connectivity index is 1.91. The quantitative estimate of drug-likeness (QED) is 0.825. The lowest BCUT2D eigenvalue weighted by Crippen LogP contribution is -2.14. The Kier molecular flexibility index (Phi) is 5.74. The summed E-state index contributed by atoms with van der Waals surface area (Å²) in [5.41, 5.74) is 7.23. The molecule has 120 valence electrons. The molecule has 0 atom stereocenters. The smallest absolute Gasteiger partial charge is 0.248 e. The molecule has 0 heterocycles. The minimum Gasteiger partial charge on any atom is -0.494 e. The van der Waals surface area contributed by atoms with Gasteiger partial charge in [0.15, 0.2) is 0 Å². The molecule has 3 N–H and O–H groups in total. The number of para-hydroxylation sites is 1. The fraction of sp³-hybridized carbons (Fsp3) is 0.222. The van der Waals surface area contributed by atoms with E-state index in [1.165, 1.54) is 0 Å². The maximum absolute atomic E-state index is 12.0. The number of amides is 2. The molecular weight excluding hydrogens is 292 g/mol. The number of carbonyl (C=O) groups excluding carboxylic acids is 2. The highest BCUT2D eigenvalue weighted by Crippen LogP contribution is 2.20. The first-order valence-electron chi connectivity index (χ1n) is 7.50. The predicted octanol–water partition coefficient (Wildman–Crippen LogP) is 2.76. The van der Waals surface area contributed by atoms with Crippen LogP contribution >= 0.6 is 0 Å². The van der Waals surface area contributed by atoms with Crippen molar-refractivity contribution in [3.05, 3.63) is 59.7 Å². The molecule has 5 heteroatoms. The third kappa shape index (κ3) is 4.85. The molecular formula is C18H20N2O3. The minimum atomic E-state index is -0.490. The molecule has 2 aromatic carbocycles. The van der Waals surface area contributed by atoms with Crippen molar-refractivity contribution in [1.82, 2.24) is 0 Å². The van der Waals surface area contributed by atoms with E-state index in [-0.39, 0.29) is 5.91 Å². The van der Waals surface area contributed by atoms with Crippen molar-refractivity contribution in [1.29, 1.82) is 0 Å². The van der Waals surface area contributed by atoms with Crippen LogP contribution in [0.1, 0.15) is 29.3 Å². The zero-order valence-corrected chi connectivity index (χ0v) is 13.0. The molecule has 2 amide bonds. The highest BCUT2D eigenvalue weighted by molar-refractivity contribution is 5.94. The van der Waals surface area contributed by atoms with Crippen LogP contribution < -0.4 is 15.8 Å². The molecule has 0 aliphatic carbocycles. The zero-order chi connectivity index (χ0) is 16.7. The molecule has 23 heavy (non-hydrogen) atoms. The van der Waals surface area contributed by atoms with Crippen molar-refractivity contribution in [2.75, 3.05) is 11.9 Å². The monoisotopic (exact) mass is 312 g/mol. The number of carbonyl (C=O) groups is 2. The summed E-state index contributed by atoms with van der Waals surface area (Å²) in [5.74, 6) is 0.229. The van der Waals surface area contributed by atoms with Crippen molar-refractivity contribution in [3.63, 3.8) is 0 Å². The number of benzene rings is 2. The first-order chi connectivity index (χ1) is 11.1. The number of anilines is 1. The van der Waals surface area contributed by atoms with E-state index in [9.17, 15) is 9.59 Å². The van der Waals surface area contributed by atoms with Crippen LogP contribution in [-0.2, 0) is 11.2 Å². The molecule has 0 fully saturated rings. The average molecular weight is 312 g/mol. The van der Waals surface area contributed by atoms with Crippen molar-refractivity contribution in [2.24, 2.45) is 5.73 Å². The van der Waals surface area contributed by atoms with E-state index < -0.39 is 5.91 Å². The normalized spacial score (nSPS) is 10.1. The second-order valence-electron chi connectivity index (χ2n) is 5.03. The number of hydrogen-bond acceptors (Lipinski definition) is 3. The van der Waals surface area contributed by atoms with Crippen LogP contribution in [0.2, 0.25) is 0 Å². The number of nitrogens with two attached hydrogens (primary N) is 1. The van der Waals surface area contributed by atoms with Gasteiger partial charge in [0.1, 0.15) is 5.75 Å². The van der Waals surface area contributed by atoms with Gasteiger partial charge >= 0.3 is 0 Å². The van der Waals surface area contributed by atoms with Crippen molar-refractivity contribution < 1.29 is 14.3 Å². The maximum atomic E-state index is 12.0. The first-order valence-corrected chi connectivity index (χ1v) is 7.50. The fourth-order valence-electron chi connectivity index (χ4n) is 2.20. The Bertz CT molecular complexity index is 681. The molecule has 2 rings (SSSR count). The van der Waals surface area contributed by atoms with Crippen LogP contribution in [0.3, 0.4) is 0 Å².